The van der Waals surface area contributed by atoms with E-state index in [1.807, 2.05) is 0 Å². The first-order valence-corrected chi connectivity index (χ1v) is 6.85. The number of carbonyl (C=O) groups excluding carboxylic acids is 1. The first-order chi connectivity index (χ1) is 10.4. The van der Waals surface area contributed by atoms with Crippen molar-refractivity contribution in [3.63, 3.8) is 0 Å². The number of aliphatic carboxylic acids is 1. The van der Waals surface area contributed by atoms with Crippen LogP contribution in [-0.2, 0) is 11.8 Å². The normalized spacial score (nSPS) is 12.0. The molecule has 0 bridgehead atoms. The Labute approximate surface area is 131 Å². The molecular formula is C15H14ClFN2O3. The number of carboxylic acids is 1. The van der Waals surface area contributed by atoms with E-state index in [0.29, 0.717) is 11.3 Å². The van der Waals surface area contributed by atoms with E-state index in [-0.39, 0.29) is 11.4 Å². The van der Waals surface area contributed by atoms with Gasteiger partial charge in [-0.1, -0.05) is 17.7 Å². The summed E-state index contributed by atoms with van der Waals surface area (Å²) in [6, 6.07) is 6.39. The first-order valence-electron chi connectivity index (χ1n) is 6.47. The summed E-state index contributed by atoms with van der Waals surface area (Å²) in [4.78, 5) is 23.2. The molecule has 5 nitrogen and oxygen atoms in total. The number of amides is 1. The third-order valence-corrected chi connectivity index (χ3v) is 3.51. The Morgan fingerprint density at radius 2 is 2.14 bits per heavy atom. The quantitative estimate of drug-likeness (QED) is 0.888. The van der Waals surface area contributed by atoms with Gasteiger partial charge in [0.05, 0.1) is 17.5 Å². The van der Waals surface area contributed by atoms with Crippen molar-refractivity contribution in [3.8, 4) is 0 Å². The highest BCUT2D eigenvalue weighted by molar-refractivity contribution is 6.30. The highest BCUT2D eigenvalue weighted by Crippen LogP contribution is 2.23. The minimum atomic E-state index is -1.10. The molecule has 1 heterocycles. The molecule has 0 aliphatic carbocycles. The number of hydrogen-bond acceptors (Lipinski definition) is 2. The van der Waals surface area contributed by atoms with Crippen LogP contribution in [0.15, 0.2) is 36.5 Å². The fourth-order valence-electron chi connectivity index (χ4n) is 2.09. The zero-order chi connectivity index (χ0) is 16.3. The number of aromatic nitrogens is 1. The molecule has 1 atom stereocenters. The van der Waals surface area contributed by atoms with Crippen molar-refractivity contribution in [1.82, 2.24) is 9.88 Å². The molecule has 2 aromatic rings. The molecule has 1 aromatic carbocycles. The zero-order valence-electron chi connectivity index (χ0n) is 11.7. The fraction of sp³-hybridized carbons (Fsp3) is 0.200. The van der Waals surface area contributed by atoms with Gasteiger partial charge in [-0.2, -0.15) is 0 Å². The summed E-state index contributed by atoms with van der Waals surface area (Å²) in [5.41, 5.74) is 0.719. The highest BCUT2D eigenvalue weighted by Gasteiger charge is 2.21. The molecule has 0 aliphatic rings. The predicted octanol–water partition coefficient (Wildman–Crippen LogP) is 2.76. The van der Waals surface area contributed by atoms with Crippen LogP contribution in [0.2, 0.25) is 5.02 Å². The average molecular weight is 325 g/mol. The zero-order valence-corrected chi connectivity index (χ0v) is 12.5. The van der Waals surface area contributed by atoms with Gasteiger partial charge in [0.15, 0.2) is 0 Å². The van der Waals surface area contributed by atoms with Crippen molar-refractivity contribution in [2.45, 2.75) is 12.5 Å². The first kappa shape index (κ1) is 16.0. The second kappa shape index (κ2) is 6.62. The van der Waals surface area contributed by atoms with Gasteiger partial charge in [0, 0.05) is 13.2 Å². The number of halogens is 2. The van der Waals surface area contributed by atoms with Crippen molar-refractivity contribution < 1.29 is 19.1 Å². The van der Waals surface area contributed by atoms with Gasteiger partial charge in [-0.05, 0) is 29.8 Å². The summed E-state index contributed by atoms with van der Waals surface area (Å²) in [6.07, 6.45) is 1.33. The molecule has 0 aliphatic heterocycles. The Morgan fingerprint density at radius 1 is 1.41 bits per heavy atom. The lowest BCUT2D eigenvalue weighted by atomic mass is 10.0. The molecule has 0 spiro atoms. The molecule has 1 aromatic heterocycles. The number of carboxylic acid groups (broad SMARTS) is 1. The summed E-state index contributed by atoms with van der Waals surface area (Å²) in [7, 11) is 1.70. The van der Waals surface area contributed by atoms with Gasteiger partial charge in [0.2, 0.25) is 0 Å². The van der Waals surface area contributed by atoms with Gasteiger partial charge in [-0.3, -0.25) is 9.59 Å². The number of nitrogens with one attached hydrogen (secondary N) is 1. The summed E-state index contributed by atoms with van der Waals surface area (Å²) < 4.78 is 15.2. The van der Waals surface area contributed by atoms with Crippen molar-refractivity contribution in [2.75, 3.05) is 0 Å². The number of benzene rings is 1. The van der Waals surface area contributed by atoms with Crippen LogP contribution in [0.4, 0.5) is 4.39 Å². The van der Waals surface area contributed by atoms with E-state index in [1.54, 1.807) is 29.9 Å². The maximum atomic E-state index is 13.6. The lowest BCUT2D eigenvalue weighted by Gasteiger charge is -2.18. The topological polar surface area (TPSA) is 71.3 Å². The van der Waals surface area contributed by atoms with E-state index in [0.717, 1.165) is 6.07 Å². The molecule has 0 unspecified atom stereocenters. The molecule has 116 valence electrons. The number of aryl methyl sites for hydroxylation is 1. The SMILES string of the molecule is Cn1cccc1C(=O)N[C@@H](CC(=O)O)c1ccc(Cl)c(F)c1. The van der Waals surface area contributed by atoms with Crippen LogP contribution in [0, 0.1) is 5.82 Å². The van der Waals surface area contributed by atoms with Crippen molar-refractivity contribution in [3.05, 3.63) is 58.6 Å². The molecule has 0 fully saturated rings. The molecule has 0 radical (unpaired) electrons. The van der Waals surface area contributed by atoms with Gasteiger partial charge in [-0.15, -0.1) is 0 Å². The van der Waals surface area contributed by atoms with Crippen LogP contribution in [-0.4, -0.2) is 21.6 Å². The molecule has 22 heavy (non-hydrogen) atoms. The Bertz CT molecular complexity index is 715. The van der Waals surface area contributed by atoms with E-state index in [9.17, 15) is 14.0 Å². The molecule has 7 heteroatoms. The average Bonchev–Trinajstić information content (AvgIpc) is 2.87. The smallest absolute Gasteiger partial charge is 0.305 e. The Hall–Kier alpha value is -2.34. The highest BCUT2D eigenvalue weighted by atomic mass is 35.5. The second-order valence-corrected chi connectivity index (χ2v) is 5.21. The van der Waals surface area contributed by atoms with Crippen LogP contribution in [0.25, 0.3) is 0 Å². The Morgan fingerprint density at radius 3 is 2.68 bits per heavy atom. The summed E-state index contributed by atoms with van der Waals surface area (Å²) in [6.45, 7) is 0. The third kappa shape index (κ3) is 3.65. The number of hydrogen-bond donors (Lipinski definition) is 2. The van der Waals surface area contributed by atoms with Crippen LogP contribution < -0.4 is 5.32 Å². The van der Waals surface area contributed by atoms with Gasteiger partial charge < -0.3 is 15.0 Å². The van der Waals surface area contributed by atoms with Gasteiger partial charge in [0.1, 0.15) is 11.5 Å². The van der Waals surface area contributed by atoms with Gasteiger partial charge >= 0.3 is 5.97 Å². The Kier molecular flexibility index (Phi) is 4.82. The van der Waals surface area contributed by atoms with E-state index >= 15 is 0 Å². The number of carbonyl (C=O) groups is 2. The third-order valence-electron chi connectivity index (χ3n) is 3.21. The van der Waals surface area contributed by atoms with Crippen molar-refractivity contribution >= 4 is 23.5 Å². The second-order valence-electron chi connectivity index (χ2n) is 4.80. The summed E-state index contributed by atoms with van der Waals surface area (Å²) in [5, 5.41) is 11.5. The van der Waals surface area contributed by atoms with E-state index in [2.05, 4.69) is 5.32 Å². The maximum Gasteiger partial charge on any atom is 0.305 e. The summed E-state index contributed by atoms with van der Waals surface area (Å²) in [5.74, 6) is -2.20. The molecule has 1 amide bonds. The molecular weight excluding hydrogens is 311 g/mol. The predicted molar refractivity (Wildman–Crippen MR) is 79.3 cm³/mol. The number of nitrogens with zero attached hydrogens (tertiary/aromatic N) is 1. The molecule has 0 saturated heterocycles. The van der Waals surface area contributed by atoms with E-state index in [1.165, 1.54) is 12.1 Å². The fourth-order valence-corrected chi connectivity index (χ4v) is 2.20. The lowest BCUT2D eigenvalue weighted by Crippen LogP contribution is -2.31. The van der Waals surface area contributed by atoms with E-state index < -0.39 is 23.7 Å². The summed E-state index contributed by atoms with van der Waals surface area (Å²) >= 11 is 5.62. The largest absolute Gasteiger partial charge is 0.481 e. The monoisotopic (exact) mass is 324 g/mol. The van der Waals surface area contributed by atoms with Crippen molar-refractivity contribution in [2.24, 2.45) is 7.05 Å². The minimum absolute atomic E-state index is 0.0633. The van der Waals surface area contributed by atoms with Crippen LogP contribution in [0.3, 0.4) is 0 Å². The molecule has 2 N–H and O–H groups in total. The van der Waals surface area contributed by atoms with Crippen LogP contribution in [0.5, 0.6) is 0 Å². The van der Waals surface area contributed by atoms with Gasteiger partial charge in [-0.25, -0.2) is 4.39 Å². The van der Waals surface area contributed by atoms with Crippen LogP contribution in [0.1, 0.15) is 28.5 Å². The van der Waals surface area contributed by atoms with Gasteiger partial charge in [0.25, 0.3) is 5.91 Å². The Balaban J connectivity index is 2.26. The minimum Gasteiger partial charge on any atom is -0.481 e. The van der Waals surface area contributed by atoms with E-state index in [4.69, 9.17) is 16.7 Å². The number of rotatable bonds is 5. The lowest BCUT2D eigenvalue weighted by molar-refractivity contribution is -0.137. The standard InChI is InChI=1S/C15H14ClFN2O3/c1-19-6-2-3-13(19)15(22)18-12(8-14(20)21)9-4-5-10(16)11(17)7-9/h2-7,12H,8H2,1H3,(H,18,22)(H,20,21)/t12-/m0/s1. The van der Waals surface area contributed by atoms with Crippen LogP contribution >= 0.6 is 11.6 Å². The molecule has 2 rings (SSSR count). The maximum absolute atomic E-state index is 13.6. The molecule has 0 saturated carbocycles. The van der Waals surface area contributed by atoms with Crippen molar-refractivity contribution in [1.29, 1.82) is 0 Å².